The van der Waals surface area contributed by atoms with Crippen LogP contribution >= 0.6 is 11.3 Å². The van der Waals surface area contributed by atoms with Crippen molar-refractivity contribution in [3.8, 4) is 0 Å². The number of para-hydroxylation sites is 1. The van der Waals surface area contributed by atoms with E-state index in [-0.39, 0.29) is 6.61 Å². The molecule has 1 heterocycles. The van der Waals surface area contributed by atoms with Crippen molar-refractivity contribution in [3.05, 3.63) is 29.3 Å². The summed E-state index contributed by atoms with van der Waals surface area (Å²) in [6.45, 7) is 1.96. The Bertz CT molecular complexity index is 516. The summed E-state index contributed by atoms with van der Waals surface area (Å²) in [6, 6.07) is 7.52. The summed E-state index contributed by atoms with van der Waals surface area (Å²) in [5.74, 6) is -1.45. The molecule has 1 aromatic heterocycles. The highest BCUT2D eigenvalue weighted by molar-refractivity contribution is 7.18. The van der Waals surface area contributed by atoms with E-state index in [1.165, 1.54) is 11.3 Å². The lowest BCUT2D eigenvalue weighted by Gasteiger charge is -2.05. The number of aromatic nitrogens is 1. The molecule has 1 unspecified atom stereocenters. The highest BCUT2D eigenvalue weighted by Gasteiger charge is 2.24. The number of aldehydes is 1. The molecule has 88 valence electrons. The van der Waals surface area contributed by atoms with Gasteiger partial charge in [-0.15, -0.1) is 11.3 Å². The van der Waals surface area contributed by atoms with Crippen LogP contribution in [0.25, 0.3) is 10.2 Å². The van der Waals surface area contributed by atoms with Crippen molar-refractivity contribution in [2.45, 2.75) is 12.8 Å². The van der Waals surface area contributed by atoms with Crippen LogP contribution in [0.15, 0.2) is 24.3 Å². The van der Waals surface area contributed by atoms with Crippen LogP contribution in [0.4, 0.5) is 0 Å². The van der Waals surface area contributed by atoms with Gasteiger partial charge in [0.25, 0.3) is 0 Å². The van der Waals surface area contributed by atoms with Gasteiger partial charge in [0.15, 0.2) is 5.92 Å². The van der Waals surface area contributed by atoms with Crippen molar-refractivity contribution >= 4 is 33.8 Å². The maximum atomic E-state index is 11.6. The highest BCUT2D eigenvalue weighted by Crippen LogP contribution is 2.27. The number of ether oxygens (including phenoxy) is 1. The number of carbonyl (C=O) groups excluding carboxylic acids is 2. The predicted octanol–water partition coefficient (Wildman–Crippen LogP) is 2.14. The van der Waals surface area contributed by atoms with Crippen LogP contribution in [0, 0.1) is 0 Å². The molecule has 0 aliphatic rings. The van der Waals surface area contributed by atoms with Gasteiger partial charge >= 0.3 is 5.97 Å². The molecule has 0 aliphatic carbocycles. The van der Waals surface area contributed by atoms with E-state index in [1.54, 1.807) is 6.92 Å². The number of hydrogen-bond donors (Lipinski definition) is 0. The van der Waals surface area contributed by atoms with Crippen LogP contribution in [-0.2, 0) is 14.3 Å². The Kier molecular flexibility index (Phi) is 3.49. The molecule has 0 saturated heterocycles. The minimum Gasteiger partial charge on any atom is -0.465 e. The van der Waals surface area contributed by atoms with E-state index in [4.69, 9.17) is 4.74 Å². The van der Waals surface area contributed by atoms with Gasteiger partial charge in [0.1, 0.15) is 11.3 Å². The molecule has 0 amide bonds. The first kappa shape index (κ1) is 11.7. The zero-order chi connectivity index (χ0) is 12.3. The second-order valence-electron chi connectivity index (χ2n) is 3.39. The third kappa shape index (κ3) is 2.34. The molecule has 1 atom stereocenters. The van der Waals surface area contributed by atoms with E-state index in [0.29, 0.717) is 11.3 Å². The molecule has 0 bridgehead atoms. The monoisotopic (exact) mass is 249 g/mol. The molecule has 0 aliphatic heterocycles. The predicted molar refractivity (Wildman–Crippen MR) is 65.1 cm³/mol. The van der Waals surface area contributed by atoms with Gasteiger partial charge in [0.05, 0.1) is 16.8 Å². The molecular weight excluding hydrogens is 238 g/mol. The molecule has 4 nitrogen and oxygen atoms in total. The van der Waals surface area contributed by atoms with Crippen LogP contribution in [0.2, 0.25) is 0 Å². The lowest BCUT2D eigenvalue weighted by Crippen LogP contribution is -2.16. The summed E-state index contributed by atoms with van der Waals surface area (Å²) in [5, 5.41) is 0.486. The largest absolute Gasteiger partial charge is 0.465 e. The standard InChI is InChI=1S/C12H11NO3S/c1-2-16-12(15)8(7-14)11-13-9-5-3-4-6-10(9)17-11/h3-8H,2H2,1H3. The molecule has 0 N–H and O–H groups in total. The van der Waals surface area contributed by atoms with E-state index < -0.39 is 11.9 Å². The number of hydrogen-bond acceptors (Lipinski definition) is 5. The van der Waals surface area contributed by atoms with Crippen molar-refractivity contribution in [3.63, 3.8) is 0 Å². The van der Waals surface area contributed by atoms with Crippen molar-refractivity contribution in [1.82, 2.24) is 4.98 Å². The van der Waals surface area contributed by atoms with Crippen LogP contribution < -0.4 is 0 Å². The topological polar surface area (TPSA) is 56.3 Å². The average molecular weight is 249 g/mol. The van der Waals surface area contributed by atoms with E-state index in [9.17, 15) is 9.59 Å². The zero-order valence-electron chi connectivity index (χ0n) is 9.25. The fraction of sp³-hybridized carbons (Fsp3) is 0.250. The fourth-order valence-electron chi connectivity index (χ4n) is 1.47. The van der Waals surface area contributed by atoms with Gasteiger partial charge in [0, 0.05) is 0 Å². The summed E-state index contributed by atoms with van der Waals surface area (Å²) in [5.41, 5.74) is 0.795. The normalized spacial score (nSPS) is 12.3. The fourth-order valence-corrected chi connectivity index (χ4v) is 2.48. The molecule has 1 aromatic carbocycles. The van der Waals surface area contributed by atoms with Crippen molar-refractivity contribution < 1.29 is 14.3 Å². The third-order valence-corrected chi connectivity index (χ3v) is 3.37. The maximum absolute atomic E-state index is 11.6. The quantitative estimate of drug-likeness (QED) is 0.473. The smallest absolute Gasteiger partial charge is 0.323 e. The first-order chi connectivity index (χ1) is 8.26. The molecule has 2 rings (SSSR count). The molecule has 5 heteroatoms. The van der Waals surface area contributed by atoms with Gasteiger partial charge in [-0.1, -0.05) is 12.1 Å². The van der Waals surface area contributed by atoms with E-state index in [0.717, 1.165) is 10.2 Å². The van der Waals surface area contributed by atoms with E-state index in [2.05, 4.69) is 4.98 Å². The summed E-state index contributed by atoms with van der Waals surface area (Å²) in [7, 11) is 0. The number of esters is 1. The first-order valence-corrected chi connectivity index (χ1v) is 6.05. The van der Waals surface area contributed by atoms with Gasteiger partial charge in [-0.05, 0) is 19.1 Å². The first-order valence-electron chi connectivity index (χ1n) is 5.23. The molecular formula is C12H11NO3S. The number of rotatable bonds is 4. The Balaban J connectivity index is 2.36. The number of nitrogens with zero attached hydrogens (tertiary/aromatic N) is 1. The van der Waals surface area contributed by atoms with Gasteiger partial charge < -0.3 is 9.53 Å². The SMILES string of the molecule is CCOC(=O)C(C=O)c1nc2ccccc2s1. The zero-order valence-corrected chi connectivity index (χ0v) is 10.1. The number of fused-ring (bicyclic) bond motifs is 1. The molecule has 0 radical (unpaired) electrons. The van der Waals surface area contributed by atoms with E-state index >= 15 is 0 Å². The lowest BCUT2D eigenvalue weighted by molar-refractivity contribution is -0.145. The Morgan fingerprint density at radius 1 is 1.53 bits per heavy atom. The lowest BCUT2D eigenvalue weighted by atomic mass is 10.2. The second kappa shape index (κ2) is 5.05. The Hall–Kier alpha value is -1.75. The summed E-state index contributed by atoms with van der Waals surface area (Å²) in [4.78, 5) is 26.8. The minimum atomic E-state index is -0.910. The maximum Gasteiger partial charge on any atom is 0.323 e. The summed E-state index contributed by atoms with van der Waals surface area (Å²) in [6.07, 6.45) is 0.579. The molecule has 0 saturated carbocycles. The minimum absolute atomic E-state index is 0.258. The molecule has 2 aromatic rings. The van der Waals surface area contributed by atoms with Crippen LogP contribution in [0.5, 0.6) is 0 Å². The Morgan fingerprint density at radius 2 is 2.29 bits per heavy atom. The van der Waals surface area contributed by atoms with Crippen LogP contribution in [-0.4, -0.2) is 23.8 Å². The second-order valence-corrected chi connectivity index (χ2v) is 4.45. The Morgan fingerprint density at radius 3 is 2.94 bits per heavy atom. The van der Waals surface area contributed by atoms with E-state index in [1.807, 2.05) is 24.3 Å². The Labute approximate surface area is 102 Å². The van der Waals surface area contributed by atoms with Crippen molar-refractivity contribution in [2.75, 3.05) is 6.61 Å². The average Bonchev–Trinajstić information content (AvgIpc) is 2.73. The number of carbonyl (C=O) groups is 2. The number of benzene rings is 1. The van der Waals surface area contributed by atoms with Crippen molar-refractivity contribution in [1.29, 1.82) is 0 Å². The van der Waals surface area contributed by atoms with Crippen LogP contribution in [0.3, 0.4) is 0 Å². The molecule has 0 fully saturated rings. The van der Waals surface area contributed by atoms with Crippen molar-refractivity contribution in [2.24, 2.45) is 0 Å². The number of thiazole rings is 1. The van der Waals surface area contributed by atoms with Crippen LogP contribution in [0.1, 0.15) is 17.8 Å². The van der Waals surface area contributed by atoms with Gasteiger partial charge in [0.2, 0.25) is 0 Å². The third-order valence-electron chi connectivity index (χ3n) is 2.25. The highest BCUT2D eigenvalue weighted by atomic mass is 32.1. The van der Waals surface area contributed by atoms with Gasteiger partial charge in [-0.2, -0.15) is 0 Å². The molecule has 17 heavy (non-hydrogen) atoms. The molecule has 0 spiro atoms. The van der Waals surface area contributed by atoms with Gasteiger partial charge in [-0.25, -0.2) is 4.98 Å². The van der Waals surface area contributed by atoms with Gasteiger partial charge in [-0.3, -0.25) is 4.79 Å². The summed E-state index contributed by atoms with van der Waals surface area (Å²) < 4.78 is 5.80. The summed E-state index contributed by atoms with van der Waals surface area (Å²) >= 11 is 1.34.